The van der Waals surface area contributed by atoms with Crippen LogP contribution in [-0.4, -0.2) is 38.4 Å². The van der Waals surface area contributed by atoms with Crippen molar-refractivity contribution in [1.29, 1.82) is 0 Å². The van der Waals surface area contributed by atoms with E-state index in [9.17, 15) is 9.59 Å². The minimum atomic E-state index is -0.218. The van der Waals surface area contributed by atoms with Gasteiger partial charge in [0.05, 0.1) is 0 Å². The number of fused-ring (bicyclic) bond motifs is 1. The Kier molecular flexibility index (Phi) is 5.51. The summed E-state index contributed by atoms with van der Waals surface area (Å²) < 4.78 is 16.6. The summed E-state index contributed by atoms with van der Waals surface area (Å²) in [6.07, 6.45) is 2.58. The van der Waals surface area contributed by atoms with Crippen LogP contribution in [0, 0.1) is 11.8 Å². The lowest BCUT2D eigenvalue weighted by Crippen LogP contribution is -2.44. The normalized spacial score (nSPS) is 22.8. The van der Waals surface area contributed by atoms with Gasteiger partial charge in [-0.05, 0) is 67.1 Å². The molecule has 2 aliphatic heterocycles. The lowest BCUT2D eigenvalue weighted by Gasteiger charge is -2.38. The number of amides is 2. The van der Waals surface area contributed by atoms with Crippen molar-refractivity contribution in [2.75, 3.05) is 31.9 Å². The fourth-order valence-electron chi connectivity index (χ4n) is 4.53. The smallest absolute Gasteiger partial charge is 0.251 e. The summed E-state index contributed by atoms with van der Waals surface area (Å²) in [5.41, 5.74) is 2.18. The number of carbonyl (C=O) groups excluding carboxylic acids is 2. The minimum absolute atomic E-state index is 0.0555. The molecule has 5 rings (SSSR count). The van der Waals surface area contributed by atoms with E-state index in [2.05, 4.69) is 23.6 Å². The Morgan fingerprint density at radius 3 is 2.47 bits per heavy atom. The zero-order valence-electron chi connectivity index (χ0n) is 18.2. The maximum Gasteiger partial charge on any atom is 0.251 e. The van der Waals surface area contributed by atoms with Gasteiger partial charge in [0.15, 0.2) is 11.5 Å². The Hall–Kier alpha value is -3.06. The first-order valence-electron chi connectivity index (χ1n) is 11.2. The van der Waals surface area contributed by atoms with E-state index < -0.39 is 0 Å². The first-order valence-corrected chi connectivity index (χ1v) is 11.2. The fourth-order valence-corrected chi connectivity index (χ4v) is 4.53. The van der Waals surface area contributed by atoms with Gasteiger partial charge in [-0.2, -0.15) is 0 Å². The summed E-state index contributed by atoms with van der Waals surface area (Å²) in [5.74, 6) is 2.00. The quantitative estimate of drug-likeness (QED) is 0.724. The van der Waals surface area contributed by atoms with Crippen LogP contribution in [0.25, 0.3) is 0 Å². The SMILES string of the molecule is CC1CC1C(=O)Nc1ccc(C(=O)NCC2(c3ccc4c(c3)OCO4)CCOCC2)cc1. The third-order valence-electron chi connectivity index (χ3n) is 6.88. The standard InChI is InChI=1S/C25H28N2O5/c1-16-12-20(16)24(29)27-19-5-2-17(3-6-19)23(28)26-14-25(8-10-30-11-9-25)18-4-7-21-22(13-18)32-15-31-21/h2-7,13,16,20H,8-12,14-15H2,1H3,(H,26,28)(H,27,29). The van der Waals surface area contributed by atoms with Crippen molar-refractivity contribution >= 4 is 17.5 Å². The van der Waals surface area contributed by atoms with Gasteiger partial charge in [-0.1, -0.05) is 13.0 Å². The van der Waals surface area contributed by atoms with Crippen LogP contribution in [0.1, 0.15) is 42.1 Å². The third kappa shape index (κ3) is 4.17. The lowest BCUT2D eigenvalue weighted by atomic mass is 9.74. The average Bonchev–Trinajstić information content (AvgIpc) is 3.37. The summed E-state index contributed by atoms with van der Waals surface area (Å²) in [5, 5.41) is 6.04. The molecule has 0 aromatic heterocycles. The number of rotatable bonds is 6. The molecule has 2 aromatic rings. The molecule has 2 amide bonds. The van der Waals surface area contributed by atoms with Crippen molar-refractivity contribution in [3.8, 4) is 11.5 Å². The van der Waals surface area contributed by atoms with Gasteiger partial charge in [0.2, 0.25) is 12.7 Å². The van der Waals surface area contributed by atoms with Gasteiger partial charge in [0.1, 0.15) is 0 Å². The van der Waals surface area contributed by atoms with Gasteiger partial charge in [0, 0.05) is 42.3 Å². The number of hydrogen-bond acceptors (Lipinski definition) is 5. The largest absolute Gasteiger partial charge is 0.454 e. The molecule has 0 radical (unpaired) electrons. The van der Waals surface area contributed by atoms with Crippen molar-refractivity contribution in [3.63, 3.8) is 0 Å². The van der Waals surface area contributed by atoms with Gasteiger partial charge < -0.3 is 24.8 Å². The Morgan fingerprint density at radius 2 is 1.75 bits per heavy atom. The predicted octanol–water partition coefficient (Wildman–Crippen LogP) is 3.49. The maximum absolute atomic E-state index is 12.9. The van der Waals surface area contributed by atoms with Crippen LogP contribution in [0.2, 0.25) is 0 Å². The lowest BCUT2D eigenvalue weighted by molar-refractivity contribution is -0.117. The van der Waals surface area contributed by atoms with E-state index in [0.717, 1.165) is 36.3 Å². The zero-order valence-corrected chi connectivity index (χ0v) is 18.2. The fraction of sp³-hybridized carbons (Fsp3) is 0.440. The summed E-state index contributed by atoms with van der Waals surface area (Å²) in [6, 6.07) is 13.1. The molecule has 1 saturated heterocycles. The Balaban J connectivity index is 1.25. The second-order valence-corrected chi connectivity index (χ2v) is 9.03. The molecule has 1 saturated carbocycles. The molecular weight excluding hydrogens is 408 g/mol. The van der Waals surface area contributed by atoms with Gasteiger partial charge in [-0.25, -0.2) is 0 Å². The Bertz CT molecular complexity index is 1010. The molecule has 0 spiro atoms. The van der Waals surface area contributed by atoms with Gasteiger partial charge in [-0.3, -0.25) is 9.59 Å². The Labute approximate surface area is 187 Å². The highest BCUT2D eigenvalue weighted by Crippen LogP contribution is 2.41. The molecule has 3 aliphatic rings. The molecule has 1 aliphatic carbocycles. The molecule has 2 unspecified atom stereocenters. The maximum atomic E-state index is 12.9. The highest BCUT2D eigenvalue weighted by atomic mass is 16.7. The van der Waals surface area contributed by atoms with E-state index in [0.29, 0.717) is 36.9 Å². The number of anilines is 1. The second kappa shape index (κ2) is 8.47. The Morgan fingerprint density at radius 1 is 1.03 bits per heavy atom. The van der Waals surface area contributed by atoms with Crippen LogP contribution in [0.4, 0.5) is 5.69 Å². The van der Waals surface area contributed by atoms with E-state index in [-0.39, 0.29) is 29.9 Å². The number of benzene rings is 2. The number of nitrogens with one attached hydrogen (secondary N) is 2. The summed E-state index contributed by atoms with van der Waals surface area (Å²) >= 11 is 0. The van der Waals surface area contributed by atoms with Crippen molar-refractivity contribution in [1.82, 2.24) is 5.32 Å². The highest BCUT2D eigenvalue weighted by molar-refractivity contribution is 5.97. The molecule has 2 atom stereocenters. The number of carbonyl (C=O) groups is 2. The minimum Gasteiger partial charge on any atom is -0.454 e. The predicted molar refractivity (Wildman–Crippen MR) is 119 cm³/mol. The van der Waals surface area contributed by atoms with Crippen LogP contribution < -0.4 is 20.1 Å². The van der Waals surface area contributed by atoms with Crippen LogP contribution in [0.5, 0.6) is 11.5 Å². The summed E-state index contributed by atoms with van der Waals surface area (Å²) in [4.78, 5) is 25.0. The number of ether oxygens (including phenoxy) is 3. The van der Waals surface area contributed by atoms with Gasteiger partial charge >= 0.3 is 0 Å². The van der Waals surface area contributed by atoms with Crippen molar-refractivity contribution < 1.29 is 23.8 Å². The first kappa shape index (κ1) is 20.8. The number of hydrogen-bond donors (Lipinski definition) is 2. The van der Waals surface area contributed by atoms with Gasteiger partial charge in [0.25, 0.3) is 5.91 Å². The molecule has 7 heteroatoms. The van der Waals surface area contributed by atoms with Crippen LogP contribution >= 0.6 is 0 Å². The van der Waals surface area contributed by atoms with E-state index in [4.69, 9.17) is 14.2 Å². The molecular formula is C25H28N2O5. The first-order chi connectivity index (χ1) is 15.5. The molecule has 2 N–H and O–H groups in total. The third-order valence-corrected chi connectivity index (χ3v) is 6.88. The zero-order chi connectivity index (χ0) is 22.1. The van der Waals surface area contributed by atoms with Crippen molar-refractivity contribution in [3.05, 3.63) is 53.6 Å². The second-order valence-electron chi connectivity index (χ2n) is 9.03. The van der Waals surface area contributed by atoms with E-state index >= 15 is 0 Å². The summed E-state index contributed by atoms with van der Waals surface area (Å²) in [6.45, 7) is 4.12. The molecule has 2 aromatic carbocycles. The molecule has 0 bridgehead atoms. The van der Waals surface area contributed by atoms with E-state index in [1.807, 2.05) is 12.1 Å². The molecule has 2 fully saturated rings. The average molecular weight is 437 g/mol. The molecule has 32 heavy (non-hydrogen) atoms. The van der Waals surface area contributed by atoms with Crippen LogP contribution in [0.15, 0.2) is 42.5 Å². The molecule has 2 heterocycles. The van der Waals surface area contributed by atoms with Crippen LogP contribution in [0.3, 0.4) is 0 Å². The summed E-state index contributed by atoms with van der Waals surface area (Å²) in [7, 11) is 0. The molecule has 7 nitrogen and oxygen atoms in total. The highest BCUT2D eigenvalue weighted by Gasteiger charge is 2.39. The van der Waals surface area contributed by atoms with Crippen LogP contribution in [-0.2, 0) is 14.9 Å². The van der Waals surface area contributed by atoms with Crippen molar-refractivity contribution in [2.24, 2.45) is 11.8 Å². The topological polar surface area (TPSA) is 85.9 Å². The van der Waals surface area contributed by atoms with Gasteiger partial charge in [-0.15, -0.1) is 0 Å². The van der Waals surface area contributed by atoms with E-state index in [1.165, 1.54) is 0 Å². The monoisotopic (exact) mass is 436 g/mol. The molecule has 168 valence electrons. The van der Waals surface area contributed by atoms with E-state index in [1.54, 1.807) is 24.3 Å². The van der Waals surface area contributed by atoms with Crippen molar-refractivity contribution in [2.45, 2.75) is 31.6 Å².